The second-order valence-electron chi connectivity index (χ2n) is 5.64. The first-order chi connectivity index (χ1) is 10.3. The summed E-state index contributed by atoms with van der Waals surface area (Å²) < 4.78 is 2.14. The largest absolute Gasteiger partial charge is 0.271 e. The number of halogens is 1. The molecule has 1 atom stereocenters. The summed E-state index contributed by atoms with van der Waals surface area (Å²) in [5.74, 6) is 5.69. The minimum atomic E-state index is 0.0206. The van der Waals surface area contributed by atoms with Gasteiger partial charge in [0.1, 0.15) is 0 Å². The number of hydrogen-bond donors (Lipinski definition) is 2. The van der Waals surface area contributed by atoms with Crippen LogP contribution in [-0.4, -0.2) is 9.78 Å². The number of nitrogens with zero attached hydrogens (tertiary/aromatic N) is 2. The van der Waals surface area contributed by atoms with E-state index in [1.165, 1.54) is 32.1 Å². The van der Waals surface area contributed by atoms with Crippen LogP contribution in [0.5, 0.6) is 0 Å². The van der Waals surface area contributed by atoms with Crippen LogP contribution in [0.15, 0.2) is 23.7 Å². The second-order valence-corrected chi connectivity index (χ2v) is 6.99. The highest BCUT2D eigenvalue weighted by atomic mass is 35.5. The van der Waals surface area contributed by atoms with Crippen molar-refractivity contribution in [3.63, 3.8) is 0 Å². The summed E-state index contributed by atoms with van der Waals surface area (Å²) in [5.41, 5.74) is 3.92. The molecule has 0 radical (unpaired) electrons. The van der Waals surface area contributed by atoms with Crippen LogP contribution in [0.25, 0.3) is 0 Å². The van der Waals surface area contributed by atoms with E-state index in [0.29, 0.717) is 6.04 Å². The van der Waals surface area contributed by atoms with E-state index in [9.17, 15) is 0 Å². The van der Waals surface area contributed by atoms with Gasteiger partial charge in [-0.15, -0.1) is 11.3 Å². The van der Waals surface area contributed by atoms with Gasteiger partial charge in [-0.1, -0.05) is 30.9 Å². The molecule has 1 unspecified atom stereocenters. The molecule has 2 aromatic heterocycles. The normalized spacial score (nSPS) is 18.0. The molecule has 1 fully saturated rings. The zero-order valence-electron chi connectivity index (χ0n) is 12.0. The van der Waals surface area contributed by atoms with Crippen LogP contribution in [0.4, 0.5) is 0 Å². The molecule has 114 valence electrons. The molecule has 1 aliphatic rings. The summed E-state index contributed by atoms with van der Waals surface area (Å²) in [4.78, 5) is 1.08. The number of rotatable bonds is 5. The average molecular weight is 325 g/mol. The molecule has 0 aliphatic heterocycles. The van der Waals surface area contributed by atoms with Crippen molar-refractivity contribution in [2.75, 3.05) is 0 Å². The summed E-state index contributed by atoms with van der Waals surface area (Å²) >= 11 is 7.82. The van der Waals surface area contributed by atoms with Gasteiger partial charge in [-0.25, -0.2) is 0 Å². The lowest BCUT2D eigenvalue weighted by Crippen LogP contribution is -2.29. The molecular weight excluding hydrogens is 304 g/mol. The molecular formula is C15H21ClN4S. The van der Waals surface area contributed by atoms with Crippen molar-refractivity contribution in [2.24, 2.45) is 5.84 Å². The van der Waals surface area contributed by atoms with Gasteiger partial charge >= 0.3 is 0 Å². The Kier molecular flexibility index (Phi) is 4.95. The Balaban J connectivity index is 1.69. The zero-order chi connectivity index (χ0) is 14.7. The fourth-order valence-electron chi connectivity index (χ4n) is 3.03. The number of nitrogens with one attached hydrogen (secondary N) is 1. The van der Waals surface area contributed by atoms with E-state index < -0.39 is 0 Å². The summed E-state index contributed by atoms with van der Waals surface area (Å²) in [6.45, 7) is 0. The fraction of sp³-hybridized carbons (Fsp3) is 0.533. The van der Waals surface area contributed by atoms with Crippen LogP contribution < -0.4 is 11.3 Å². The van der Waals surface area contributed by atoms with Crippen molar-refractivity contribution >= 4 is 22.9 Å². The number of hydrazine groups is 1. The van der Waals surface area contributed by atoms with Gasteiger partial charge < -0.3 is 0 Å². The lowest BCUT2D eigenvalue weighted by molar-refractivity contribution is 0.327. The van der Waals surface area contributed by atoms with E-state index in [0.717, 1.165) is 22.0 Å². The maximum atomic E-state index is 6.20. The van der Waals surface area contributed by atoms with Gasteiger partial charge in [-0.05, 0) is 30.4 Å². The lowest BCUT2D eigenvalue weighted by atomic mass is 9.96. The van der Waals surface area contributed by atoms with Crippen molar-refractivity contribution in [1.29, 1.82) is 0 Å². The molecule has 1 aliphatic carbocycles. The number of nitrogens with two attached hydrogens (primary N) is 1. The molecule has 0 amide bonds. The Bertz CT molecular complexity index is 574. The Labute approximate surface area is 134 Å². The maximum Gasteiger partial charge on any atom is 0.0644 e. The van der Waals surface area contributed by atoms with E-state index >= 15 is 0 Å². The minimum absolute atomic E-state index is 0.0206. The monoisotopic (exact) mass is 324 g/mol. The summed E-state index contributed by atoms with van der Waals surface area (Å²) in [5, 5.41) is 7.51. The quantitative estimate of drug-likeness (QED) is 0.649. The van der Waals surface area contributed by atoms with E-state index in [2.05, 4.69) is 22.4 Å². The zero-order valence-corrected chi connectivity index (χ0v) is 13.5. The van der Waals surface area contributed by atoms with E-state index in [1.807, 2.05) is 11.4 Å². The third-order valence-corrected chi connectivity index (χ3v) is 5.66. The smallest absolute Gasteiger partial charge is 0.0644 e. The highest BCUT2D eigenvalue weighted by Gasteiger charge is 2.19. The predicted molar refractivity (Wildman–Crippen MR) is 87.4 cm³/mol. The Hall–Kier alpha value is -0.880. The molecule has 0 saturated heterocycles. The summed E-state index contributed by atoms with van der Waals surface area (Å²) in [6, 6.07) is 4.60. The highest BCUT2D eigenvalue weighted by molar-refractivity contribution is 7.10. The van der Waals surface area contributed by atoms with Crippen molar-refractivity contribution in [3.8, 4) is 0 Å². The first-order valence-electron chi connectivity index (χ1n) is 7.51. The van der Waals surface area contributed by atoms with Crippen molar-refractivity contribution in [3.05, 3.63) is 39.3 Å². The first-order valence-corrected chi connectivity index (χ1v) is 8.76. The third-order valence-electron chi connectivity index (χ3n) is 4.19. The van der Waals surface area contributed by atoms with Gasteiger partial charge in [0, 0.05) is 17.5 Å². The molecule has 0 bridgehead atoms. The standard InChI is InChI=1S/C15H21ClN4S/c16-13-7-9-21-15(13)14(18-17)10-11-6-8-20(19-11)12-4-2-1-3-5-12/h6-9,12,14,18H,1-5,10,17H2. The van der Waals surface area contributed by atoms with Crippen molar-refractivity contribution < 1.29 is 0 Å². The van der Waals surface area contributed by atoms with Gasteiger partial charge in [0.25, 0.3) is 0 Å². The molecule has 4 nitrogen and oxygen atoms in total. The molecule has 2 heterocycles. The average Bonchev–Trinajstić information content (AvgIpc) is 3.15. The third kappa shape index (κ3) is 3.48. The molecule has 21 heavy (non-hydrogen) atoms. The van der Waals surface area contributed by atoms with Gasteiger partial charge in [-0.3, -0.25) is 16.0 Å². The van der Waals surface area contributed by atoms with Gasteiger partial charge in [0.2, 0.25) is 0 Å². The predicted octanol–water partition coefficient (Wildman–Crippen LogP) is 3.85. The van der Waals surface area contributed by atoms with Crippen LogP contribution in [0.3, 0.4) is 0 Å². The van der Waals surface area contributed by atoms with Crippen molar-refractivity contribution in [1.82, 2.24) is 15.2 Å². The molecule has 3 N–H and O–H groups in total. The van der Waals surface area contributed by atoms with Crippen molar-refractivity contribution in [2.45, 2.75) is 50.6 Å². The Morgan fingerprint density at radius 3 is 2.86 bits per heavy atom. The topological polar surface area (TPSA) is 55.9 Å². The second kappa shape index (κ2) is 6.92. The van der Waals surface area contributed by atoms with Crippen LogP contribution in [0, 0.1) is 0 Å². The fourth-order valence-corrected chi connectivity index (χ4v) is 4.28. The van der Waals surface area contributed by atoms with E-state index in [4.69, 9.17) is 22.5 Å². The molecule has 1 saturated carbocycles. The number of aromatic nitrogens is 2. The minimum Gasteiger partial charge on any atom is -0.271 e. The van der Waals surface area contributed by atoms with Crippen LogP contribution in [0.2, 0.25) is 5.02 Å². The first kappa shape index (κ1) is 15.0. The molecule has 0 aromatic carbocycles. The van der Waals surface area contributed by atoms with Gasteiger partial charge in [0.05, 0.1) is 22.8 Å². The maximum absolute atomic E-state index is 6.20. The van der Waals surface area contributed by atoms with Gasteiger partial charge in [0.15, 0.2) is 0 Å². The summed E-state index contributed by atoms with van der Waals surface area (Å²) in [6.07, 6.45) is 9.36. The molecule has 6 heteroatoms. The van der Waals surface area contributed by atoms with Gasteiger partial charge in [-0.2, -0.15) is 5.10 Å². The Morgan fingerprint density at radius 1 is 1.38 bits per heavy atom. The summed E-state index contributed by atoms with van der Waals surface area (Å²) in [7, 11) is 0. The molecule has 3 rings (SSSR count). The van der Waals surface area contributed by atoms with Crippen LogP contribution in [0.1, 0.15) is 54.8 Å². The number of hydrogen-bond acceptors (Lipinski definition) is 4. The van der Waals surface area contributed by atoms with Crippen LogP contribution >= 0.6 is 22.9 Å². The highest BCUT2D eigenvalue weighted by Crippen LogP contribution is 2.31. The lowest BCUT2D eigenvalue weighted by Gasteiger charge is -2.22. The Morgan fingerprint density at radius 2 is 2.19 bits per heavy atom. The number of thiophene rings is 1. The molecule has 2 aromatic rings. The van der Waals surface area contributed by atoms with E-state index in [1.54, 1.807) is 11.3 Å². The molecule has 0 spiro atoms. The SMILES string of the molecule is NNC(Cc1ccn(C2CCCCC2)n1)c1sccc1Cl. The van der Waals surface area contributed by atoms with E-state index in [-0.39, 0.29) is 6.04 Å². The van der Waals surface area contributed by atoms with Crippen LogP contribution in [-0.2, 0) is 6.42 Å².